The molecule has 1 heterocycles. The second kappa shape index (κ2) is 9.35. The Morgan fingerprint density at radius 1 is 1.18 bits per heavy atom. The van der Waals surface area contributed by atoms with Crippen LogP contribution < -0.4 is 4.74 Å². The highest BCUT2D eigenvalue weighted by atomic mass is 79.9. The van der Waals surface area contributed by atoms with Gasteiger partial charge in [-0.15, -0.1) is 0 Å². The average Bonchev–Trinajstić information content (AvgIpc) is 2.91. The molecule has 0 unspecified atom stereocenters. The zero-order valence-corrected chi connectivity index (χ0v) is 18.8. The van der Waals surface area contributed by atoms with Crippen molar-refractivity contribution in [3.05, 3.63) is 66.9 Å². The molecule has 0 bridgehead atoms. The molecule has 2 aromatic carbocycles. The van der Waals surface area contributed by atoms with E-state index < -0.39 is 0 Å². The van der Waals surface area contributed by atoms with Gasteiger partial charge in [0.1, 0.15) is 5.75 Å². The minimum atomic E-state index is -0.382. The highest BCUT2D eigenvalue weighted by Gasteiger charge is 2.36. The van der Waals surface area contributed by atoms with Crippen molar-refractivity contribution in [1.29, 1.82) is 0 Å². The van der Waals surface area contributed by atoms with Gasteiger partial charge in [0, 0.05) is 25.6 Å². The second-order valence-electron chi connectivity index (χ2n) is 6.00. The molecule has 0 radical (unpaired) electrons. The number of nitrogens with zero attached hydrogens (tertiary/aromatic N) is 1. The number of benzene rings is 2. The molecule has 1 aliphatic rings. The molecular weight excluding hydrogens is 485 g/mol. The van der Waals surface area contributed by atoms with Crippen molar-refractivity contribution in [2.24, 2.45) is 0 Å². The zero-order chi connectivity index (χ0) is 20.3. The summed E-state index contributed by atoms with van der Waals surface area (Å²) in [5, 5.41) is 0.466. The fourth-order valence-electron chi connectivity index (χ4n) is 2.59. The molecule has 1 fully saturated rings. The van der Waals surface area contributed by atoms with E-state index in [2.05, 4.69) is 15.9 Å². The molecule has 0 atom stereocenters. The molecule has 0 spiro atoms. The standard InChI is InChI=1S/C20H16BrCl2NO3S/c1-2-8-27-17-7-6-13(21)9-12(17)10-18-19(25)24(20(26)28-18)11-14-15(22)4-3-5-16(14)23/h3-7,9-10H,2,8,11H2,1H3/b18-10-. The lowest BCUT2D eigenvalue weighted by Gasteiger charge is -2.14. The van der Waals surface area contributed by atoms with Crippen LogP contribution in [0.1, 0.15) is 24.5 Å². The van der Waals surface area contributed by atoms with Gasteiger partial charge in [-0.3, -0.25) is 14.5 Å². The summed E-state index contributed by atoms with van der Waals surface area (Å²) in [5.41, 5.74) is 1.27. The maximum atomic E-state index is 12.8. The fourth-order valence-corrected chi connectivity index (χ4v) is 4.32. The monoisotopic (exact) mass is 499 g/mol. The van der Waals surface area contributed by atoms with Gasteiger partial charge in [0.15, 0.2) is 0 Å². The van der Waals surface area contributed by atoms with Gasteiger partial charge in [-0.2, -0.15) is 0 Å². The van der Waals surface area contributed by atoms with Crippen LogP contribution in [0.4, 0.5) is 4.79 Å². The first-order chi connectivity index (χ1) is 13.4. The highest BCUT2D eigenvalue weighted by molar-refractivity contribution is 9.10. The van der Waals surface area contributed by atoms with Crippen LogP contribution in [0, 0.1) is 0 Å². The number of rotatable bonds is 6. The van der Waals surface area contributed by atoms with Crippen LogP contribution in [-0.2, 0) is 11.3 Å². The Balaban J connectivity index is 1.89. The molecule has 3 rings (SSSR count). The number of carbonyl (C=O) groups excluding carboxylic acids is 2. The van der Waals surface area contributed by atoms with Gasteiger partial charge in [-0.05, 0) is 54.6 Å². The molecule has 0 aromatic heterocycles. The van der Waals surface area contributed by atoms with Crippen LogP contribution in [0.3, 0.4) is 0 Å². The van der Waals surface area contributed by atoms with Crippen LogP contribution >= 0.6 is 50.9 Å². The lowest BCUT2D eigenvalue weighted by atomic mass is 10.1. The van der Waals surface area contributed by atoms with Crippen molar-refractivity contribution in [3.63, 3.8) is 0 Å². The summed E-state index contributed by atoms with van der Waals surface area (Å²) in [4.78, 5) is 26.7. The molecule has 2 aromatic rings. The topological polar surface area (TPSA) is 46.6 Å². The molecule has 1 aliphatic heterocycles. The van der Waals surface area contributed by atoms with E-state index in [0.29, 0.717) is 32.9 Å². The average molecular weight is 501 g/mol. The predicted octanol–water partition coefficient (Wildman–Crippen LogP) is 6.78. The van der Waals surface area contributed by atoms with E-state index in [0.717, 1.165) is 33.1 Å². The first-order valence-electron chi connectivity index (χ1n) is 8.51. The summed E-state index contributed by atoms with van der Waals surface area (Å²) >= 11 is 16.7. The third-order valence-corrected chi connectivity index (χ3v) is 6.08. The van der Waals surface area contributed by atoms with E-state index in [4.69, 9.17) is 27.9 Å². The normalized spacial score (nSPS) is 15.6. The predicted molar refractivity (Wildman–Crippen MR) is 118 cm³/mol. The van der Waals surface area contributed by atoms with Gasteiger partial charge in [-0.25, -0.2) is 0 Å². The molecule has 4 nitrogen and oxygen atoms in total. The molecule has 0 N–H and O–H groups in total. The van der Waals surface area contributed by atoms with Gasteiger partial charge in [0.25, 0.3) is 11.1 Å². The summed E-state index contributed by atoms with van der Waals surface area (Å²) < 4.78 is 6.60. The number of amides is 2. The molecule has 28 heavy (non-hydrogen) atoms. The molecular formula is C20H16BrCl2NO3S. The third-order valence-electron chi connectivity index (χ3n) is 3.97. The van der Waals surface area contributed by atoms with Gasteiger partial charge in [0.05, 0.1) is 18.1 Å². The summed E-state index contributed by atoms with van der Waals surface area (Å²) in [6.45, 7) is 2.61. The van der Waals surface area contributed by atoms with Crippen LogP contribution in [0.2, 0.25) is 10.0 Å². The van der Waals surface area contributed by atoms with Crippen molar-refractivity contribution in [1.82, 2.24) is 4.90 Å². The first-order valence-corrected chi connectivity index (χ1v) is 10.9. The lowest BCUT2D eigenvalue weighted by Crippen LogP contribution is -2.27. The fraction of sp³-hybridized carbons (Fsp3) is 0.200. The van der Waals surface area contributed by atoms with Crippen molar-refractivity contribution >= 4 is 68.1 Å². The zero-order valence-electron chi connectivity index (χ0n) is 14.9. The van der Waals surface area contributed by atoms with Crippen molar-refractivity contribution in [3.8, 4) is 5.75 Å². The number of hydrogen-bond acceptors (Lipinski definition) is 4. The van der Waals surface area contributed by atoms with Crippen molar-refractivity contribution < 1.29 is 14.3 Å². The van der Waals surface area contributed by atoms with Crippen LogP contribution in [0.15, 0.2) is 45.8 Å². The number of halogens is 3. The van der Waals surface area contributed by atoms with Gasteiger partial charge in [0.2, 0.25) is 0 Å². The van der Waals surface area contributed by atoms with E-state index in [1.165, 1.54) is 0 Å². The number of hydrogen-bond donors (Lipinski definition) is 0. The van der Waals surface area contributed by atoms with Crippen LogP contribution in [-0.4, -0.2) is 22.7 Å². The summed E-state index contributed by atoms with van der Waals surface area (Å²) in [6, 6.07) is 10.6. The van der Waals surface area contributed by atoms with Crippen molar-refractivity contribution in [2.75, 3.05) is 6.61 Å². The number of carbonyl (C=O) groups is 2. The van der Waals surface area contributed by atoms with Gasteiger partial charge < -0.3 is 4.74 Å². The molecule has 8 heteroatoms. The van der Waals surface area contributed by atoms with E-state index >= 15 is 0 Å². The molecule has 146 valence electrons. The first kappa shape index (κ1) is 21.2. The SMILES string of the molecule is CCCOc1ccc(Br)cc1/C=C1\SC(=O)N(Cc2c(Cl)cccc2Cl)C1=O. The van der Waals surface area contributed by atoms with E-state index in [1.807, 2.05) is 25.1 Å². The summed E-state index contributed by atoms with van der Waals surface area (Å²) in [6.07, 6.45) is 2.54. The van der Waals surface area contributed by atoms with Gasteiger partial charge >= 0.3 is 0 Å². The number of imide groups is 1. The minimum Gasteiger partial charge on any atom is -0.493 e. The Morgan fingerprint density at radius 3 is 2.57 bits per heavy atom. The van der Waals surface area contributed by atoms with E-state index in [1.54, 1.807) is 24.3 Å². The second-order valence-corrected chi connectivity index (χ2v) is 8.72. The maximum absolute atomic E-state index is 12.8. The molecule has 2 amide bonds. The third kappa shape index (κ3) is 4.74. The Labute approximate surface area is 186 Å². The molecule has 0 aliphatic carbocycles. The smallest absolute Gasteiger partial charge is 0.293 e. The van der Waals surface area contributed by atoms with E-state index in [-0.39, 0.29) is 17.7 Å². The Morgan fingerprint density at radius 2 is 1.89 bits per heavy atom. The summed E-state index contributed by atoms with van der Waals surface area (Å²) in [7, 11) is 0. The Bertz CT molecular complexity index is 944. The lowest BCUT2D eigenvalue weighted by molar-refractivity contribution is -0.123. The van der Waals surface area contributed by atoms with E-state index in [9.17, 15) is 9.59 Å². The largest absolute Gasteiger partial charge is 0.493 e. The number of ether oxygens (including phenoxy) is 1. The quantitative estimate of drug-likeness (QED) is 0.410. The molecule has 0 saturated carbocycles. The molecule has 1 saturated heterocycles. The van der Waals surface area contributed by atoms with Crippen LogP contribution in [0.5, 0.6) is 5.75 Å². The maximum Gasteiger partial charge on any atom is 0.293 e. The summed E-state index contributed by atoms with van der Waals surface area (Å²) in [5.74, 6) is 0.276. The minimum absolute atomic E-state index is 0.0260. The Hall–Kier alpha value is -1.47. The Kier molecular flexibility index (Phi) is 7.10. The van der Waals surface area contributed by atoms with Gasteiger partial charge in [-0.1, -0.05) is 52.1 Å². The van der Waals surface area contributed by atoms with Crippen molar-refractivity contribution in [2.45, 2.75) is 19.9 Å². The van der Waals surface area contributed by atoms with Crippen LogP contribution in [0.25, 0.3) is 6.08 Å². The highest BCUT2D eigenvalue weighted by Crippen LogP contribution is 2.37. The number of thioether (sulfide) groups is 1.